The summed E-state index contributed by atoms with van der Waals surface area (Å²) < 4.78 is 10.8. The molecule has 0 radical (unpaired) electrons. The third-order valence-corrected chi connectivity index (χ3v) is 4.42. The molecule has 3 nitrogen and oxygen atoms in total. The lowest BCUT2D eigenvalue weighted by atomic mass is 9.99. The van der Waals surface area contributed by atoms with E-state index in [0.29, 0.717) is 6.04 Å². The Labute approximate surface area is 115 Å². The van der Waals surface area contributed by atoms with Crippen molar-refractivity contribution in [1.29, 1.82) is 0 Å². The molecule has 1 atom stereocenters. The number of benzene rings is 1. The Kier molecular flexibility index (Phi) is 4.04. The van der Waals surface area contributed by atoms with Gasteiger partial charge in [-0.05, 0) is 61.4 Å². The molecule has 1 aliphatic carbocycles. The summed E-state index contributed by atoms with van der Waals surface area (Å²) in [5, 5.41) is 3.75. The number of nitrogens with one attached hydrogen (secondary N) is 1. The normalized spacial score (nSPS) is 23.3. The predicted octanol–water partition coefficient (Wildman–Crippen LogP) is 2.70. The van der Waals surface area contributed by atoms with Crippen LogP contribution < -0.4 is 10.1 Å². The van der Waals surface area contributed by atoms with Gasteiger partial charge in [0.2, 0.25) is 0 Å². The van der Waals surface area contributed by atoms with Gasteiger partial charge in [0.05, 0.1) is 7.11 Å². The number of hydrogen-bond donors (Lipinski definition) is 1. The second kappa shape index (κ2) is 5.93. The van der Waals surface area contributed by atoms with E-state index < -0.39 is 0 Å². The van der Waals surface area contributed by atoms with Gasteiger partial charge in [0, 0.05) is 19.3 Å². The van der Waals surface area contributed by atoms with Crippen LogP contribution in [0.3, 0.4) is 0 Å². The highest BCUT2D eigenvalue weighted by Crippen LogP contribution is 2.34. The van der Waals surface area contributed by atoms with E-state index in [1.165, 1.54) is 36.8 Å². The van der Waals surface area contributed by atoms with Crippen LogP contribution in [0.25, 0.3) is 0 Å². The Morgan fingerprint density at radius 1 is 1.26 bits per heavy atom. The molecule has 3 rings (SSSR count). The zero-order valence-electron chi connectivity index (χ0n) is 11.7. The van der Waals surface area contributed by atoms with Gasteiger partial charge < -0.3 is 14.8 Å². The first-order chi connectivity index (χ1) is 9.36. The van der Waals surface area contributed by atoms with Gasteiger partial charge in [-0.25, -0.2) is 0 Å². The van der Waals surface area contributed by atoms with Crippen LogP contribution in [0, 0.1) is 5.92 Å². The number of aryl methyl sites for hydroxylation is 1. The highest BCUT2D eigenvalue weighted by Gasteiger charge is 2.24. The van der Waals surface area contributed by atoms with E-state index in [4.69, 9.17) is 9.47 Å². The lowest BCUT2D eigenvalue weighted by molar-refractivity contribution is 0.0654. The fraction of sp³-hybridized carbons (Fsp3) is 0.625. The molecular formula is C16H23NO2. The Balaban J connectivity index is 1.61. The predicted molar refractivity (Wildman–Crippen MR) is 75.6 cm³/mol. The molecule has 1 unspecified atom stereocenters. The maximum Gasteiger partial charge on any atom is 0.119 e. The van der Waals surface area contributed by atoms with Gasteiger partial charge in [0.1, 0.15) is 5.75 Å². The molecule has 1 aliphatic heterocycles. The number of ether oxygens (including phenoxy) is 2. The van der Waals surface area contributed by atoms with Crippen molar-refractivity contribution in [2.45, 2.75) is 31.7 Å². The molecule has 1 aromatic rings. The molecule has 0 bridgehead atoms. The van der Waals surface area contributed by atoms with Crippen molar-refractivity contribution in [3.05, 3.63) is 29.3 Å². The lowest BCUT2D eigenvalue weighted by Gasteiger charge is -2.24. The van der Waals surface area contributed by atoms with E-state index in [1.54, 1.807) is 7.11 Å². The Morgan fingerprint density at radius 2 is 2.11 bits per heavy atom. The van der Waals surface area contributed by atoms with E-state index in [-0.39, 0.29) is 0 Å². The molecule has 1 saturated heterocycles. The minimum atomic E-state index is 0.507. The number of methoxy groups -OCH3 is 1. The molecule has 3 heteroatoms. The van der Waals surface area contributed by atoms with Gasteiger partial charge in [0.15, 0.2) is 0 Å². The quantitative estimate of drug-likeness (QED) is 0.904. The maximum atomic E-state index is 5.41. The van der Waals surface area contributed by atoms with Gasteiger partial charge in [0.25, 0.3) is 0 Å². The monoisotopic (exact) mass is 261 g/mol. The summed E-state index contributed by atoms with van der Waals surface area (Å²) in [6, 6.07) is 6.99. The number of rotatable bonds is 4. The van der Waals surface area contributed by atoms with Gasteiger partial charge >= 0.3 is 0 Å². The average molecular weight is 261 g/mol. The van der Waals surface area contributed by atoms with E-state index in [2.05, 4.69) is 23.5 Å². The first kappa shape index (κ1) is 12.9. The summed E-state index contributed by atoms with van der Waals surface area (Å²) in [6.07, 6.45) is 4.80. The van der Waals surface area contributed by atoms with Crippen molar-refractivity contribution in [1.82, 2.24) is 5.32 Å². The minimum absolute atomic E-state index is 0.507. The fourth-order valence-electron chi connectivity index (χ4n) is 3.18. The van der Waals surface area contributed by atoms with Crippen LogP contribution in [0.5, 0.6) is 5.75 Å². The zero-order chi connectivity index (χ0) is 13.1. The van der Waals surface area contributed by atoms with Crippen LogP contribution in [-0.2, 0) is 11.2 Å². The molecule has 104 valence electrons. The molecule has 1 aromatic carbocycles. The van der Waals surface area contributed by atoms with Crippen LogP contribution in [0.4, 0.5) is 0 Å². The van der Waals surface area contributed by atoms with E-state index >= 15 is 0 Å². The summed E-state index contributed by atoms with van der Waals surface area (Å²) in [5.74, 6) is 1.75. The van der Waals surface area contributed by atoms with E-state index in [9.17, 15) is 0 Å². The standard InChI is InChI=1S/C16H23NO2/c1-18-14-4-2-13-3-5-16(15(13)10-14)17-11-12-6-8-19-9-7-12/h2,4,10,12,16-17H,3,5-9,11H2,1H3. The Hall–Kier alpha value is -1.06. The van der Waals surface area contributed by atoms with Crippen molar-refractivity contribution in [3.8, 4) is 5.75 Å². The molecule has 0 aromatic heterocycles. The Morgan fingerprint density at radius 3 is 2.89 bits per heavy atom. The van der Waals surface area contributed by atoms with Crippen LogP contribution in [0.2, 0.25) is 0 Å². The molecule has 0 spiro atoms. The highest BCUT2D eigenvalue weighted by atomic mass is 16.5. The van der Waals surface area contributed by atoms with Gasteiger partial charge in [-0.1, -0.05) is 6.07 Å². The summed E-state index contributed by atoms with van der Waals surface area (Å²) in [5.41, 5.74) is 2.91. The lowest BCUT2D eigenvalue weighted by Crippen LogP contribution is -2.29. The minimum Gasteiger partial charge on any atom is -0.497 e. The topological polar surface area (TPSA) is 30.5 Å². The molecule has 2 aliphatic rings. The Bertz CT molecular complexity index is 427. The summed E-state index contributed by atoms with van der Waals surface area (Å²) >= 11 is 0. The second-order valence-corrected chi connectivity index (χ2v) is 5.62. The van der Waals surface area contributed by atoms with Crippen LogP contribution in [0.1, 0.15) is 36.4 Å². The van der Waals surface area contributed by atoms with Gasteiger partial charge in [-0.15, -0.1) is 0 Å². The molecule has 1 fully saturated rings. The van der Waals surface area contributed by atoms with Crippen molar-refractivity contribution < 1.29 is 9.47 Å². The van der Waals surface area contributed by atoms with Gasteiger partial charge in [-0.3, -0.25) is 0 Å². The van der Waals surface area contributed by atoms with Gasteiger partial charge in [-0.2, -0.15) is 0 Å². The number of fused-ring (bicyclic) bond motifs is 1. The van der Waals surface area contributed by atoms with Crippen molar-refractivity contribution in [2.75, 3.05) is 26.9 Å². The molecule has 19 heavy (non-hydrogen) atoms. The largest absolute Gasteiger partial charge is 0.497 e. The molecule has 0 saturated carbocycles. The average Bonchev–Trinajstić information content (AvgIpc) is 2.88. The van der Waals surface area contributed by atoms with E-state index in [0.717, 1.165) is 31.4 Å². The second-order valence-electron chi connectivity index (χ2n) is 5.62. The van der Waals surface area contributed by atoms with Crippen LogP contribution in [-0.4, -0.2) is 26.9 Å². The van der Waals surface area contributed by atoms with E-state index in [1.807, 2.05) is 0 Å². The first-order valence-electron chi connectivity index (χ1n) is 7.35. The highest BCUT2D eigenvalue weighted by molar-refractivity contribution is 5.40. The third-order valence-electron chi connectivity index (χ3n) is 4.42. The molecule has 0 amide bonds. The van der Waals surface area contributed by atoms with Crippen LogP contribution >= 0.6 is 0 Å². The summed E-state index contributed by atoms with van der Waals surface area (Å²) in [4.78, 5) is 0. The molecular weight excluding hydrogens is 238 g/mol. The molecule has 1 N–H and O–H groups in total. The summed E-state index contributed by atoms with van der Waals surface area (Å²) in [7, 11) is 1.74. The summed E-state index contributed by atoms with van der Waals surface area (Å²) in [6.45, 7) is 2.98. The van der Waals surface area contributed by atoms with Crippen molar-refractivity contribution in [3.63, 3.8) is 0 Å². The van der Waals surface area contributed by atoms with Crippen LogP contribution in [0.15, 0.2) is 18.2 Å². The number of hydrogen-bond acceptors (Lipinski definition) is 3. The fourth-order valence-corrected chi connectivity index (χ4v) is 3.18. The maximum absolute atomic E-state index is 5.41. The van der Waals surface area contributed by atoms with Crippen molar-refractivity contribution in [2.24, 2.45) is 5.92 Å². The zero-order valence-corrected chi connectivity index (χ0v) is 11.7. The van der Waals surface area contributed by atoms with Crippen molar-refractivity contribution >= 4 is 0 Å². The SMILES string of the molecule is COc1ccc2c(c1)C(NCC1CCOCC1)CC2. The first-order valence-corrected chi connectivity index (χ1v) is 7.35. The smallest absolute Gasteiger partial charge is 0.119 e. The third kappa shape index (κ3) is 2.93. The molecule has 1 heterocycles.